The molecule has 0 bridgehead atoms. The largest absolute Gasteiger partial charge is 0.492 e. The summed E-state index contributed by atoms with van der Waals surface area (Å²) < 4.78 is 24.2. The maximum absolute atomic E-state index is 13.1. The second-order valence-electron chi connectivity index (χ2n) is 6.11. The van der Waals surface area contributed by atoms with Gasteiger partial charge in [0, 0.05) is 24.1 Å². The zero-order valence-corrected chi connectivity index (χ0v) is 16.7. The van der Waals surface area contributed by atoms with E-state index in [9.17, 15) is 18.8 Å². The van der Waals surface area contributed by atoms with Crippen molar-refractivity contribution in [3.63, 3.8) is 0 Å². The number of hydrogen-bond donors (Lipinski definition) is 3. The predicted octanol–water partition coefficient (Wildman–Crippen LogP) is 3.68. The van der Waals surface area contributed by atoms with E-state index in [0.29, 0.717) is 12.3 Å². The Labute approximate surface area is 173 Å². The smallest absolute Gasteiger partial charge is 0.303 e. The van der Waals surface area contributed by atoms with Gasteiger partial charge in [-0.05, 0) is 38.1 Å². The van der Waals surface area contributed by atoms with Gasteiger partial charge in [-0.2, -0.15) is 0 Å². The Bertz CT molecular complexity index is 914. The average Bonchev–Trinajstić information content (AvgIpc) is 2.70. The summed E-state index contributed by atoms with van der Waals surface area (Å²) in [6.07, 6.45) is -0.506. The zero-order chi connectivity index (χ0) is 22.1. The van der Waals surface area contributed by atoms with Crippen molar-refractivity contribution in [3.05, 3.63) is 47.8 Å². The molecule has 0 saturated carbocycles. The molecule has 0 saturated heterocycles. The Morgan fingerprint density at radius 2 is 1.43 bits per heavy atom. The van der Waals surface area contributed by atoms with Gasteiger partial charge in [0.15, 0.2) is 0 Å². The molecule has 0 aliphatic rings. The number of amides is 2. The number of aliphatic carboxylic acids is 1. The van der Waals surface area contributed by atoms with E-state index in [0.717, 1.165) is 0 Å². The van der Waals surface area contributed by atoms with Gasteiger partial charge in [-0.15, -0.1) is 0 Å². The highest BCUT2D eigenvalue weighted by atomic mass is 19.1. The lowest BCUT2D eigenvalue weighted by Gasteiger charge is -2.18. The fourth-order valence-electron chi connectivity index (χ4n) is 2.53. The maximum atomic E-state index is 13.1. The van der Waals surface area contributed by atoms with Gasteiger partial charge in [0.05, 0.1) is 31.0 Å². The van der Waals surface area contributed by atoms with Crippen LogP contribution in [0.5, 0.6) is 11.5 Å². The number of carbonyl (C=O) groups excluding carboxylic acids is 2. The molecule has 0 radical (unpaired) electrons. The lowest BCUT2D eigenvalue weighted by atomic mass is 10.2. The van der Waals surface area contributed by atoms with Crippen molar-refractivity contribution in [2.45, 2.75) is 26.7 Å². The molecule has 3 N–H and O–H groups in total. The lowest BCUT2D eigenvalue weighted by Crippen LogP contribution is -2.16. The number of nitrogens with one attached hydrogen (secondary N) is 2. The van der Waals surface area contributed by atoms with Crippen LogP contribution in [-0.2, 0) is 9.59 Å². The Balaban J connectivity index is 2.31. The summed E-state index contributed by atoms with van der Waals surface area (Å²) >= 11 is 0. The van der Waals surface area contributed by atoms with Crippen molar-refractivity contribution in [2.75, 3.05) is 23.8 Å². The number of ether oxygens (including phenoxy) is 2. The van der Waals surface area contributed by atoms with E-state index in [4.69, 9.17) is 14.6 Å². The number of carboxylic acids is 1. The molecule has 0 spiro atoms. The van der Waals surface area contributed by atoms with Crippen LogP contribution in [-0.4, -0.2) is 36.1 Å². The SMILES string of the molecule is CCOc1cc(NC(=O)c2ccc(F)cc2)c(OCC)cc1NC(=O)CCC(=O)O. The third-order valence-corrected chi connectivity index (χ3v) is 3.88. The highest BCUT2D eigenvalue weighted by Gasteiger charge is 2.17. The van der Waals surface area contributed by atoms with Gasteiger partial charge in [0.25, 0.3) is 5.91 Å². The Kier molecular flexibility index (Phi) is 8.16. The monoisotopic (exact) mass is 418 g/mol. The van der Waals surface area contributed by atoms with Gasteiger partial charge >= 0.3 is 5.97 Å². The number of anilines is 2. The summed E-state index contributed by atoms with van der Waals surface area (Å²) in [6.45, 7) is 4.09. The topological polar surface area (TPSA) is 114 Å². The summed E-state index contributed by atoms with van der Waals surface area (Å²) in [5.74, 6) is -1.95. The van der Waals surface area contributed by atoms with E-state index in [1.807, 2.05) is 0 Å². The molecule has 0 aromatic heterocycles. The van der Waals surface area contributed by atoms with E-state index in [-0.39, 0.29) is 42.2 Å². The summed E-state index contributed by atoms with van der Waals surface area (Å²) in [5, 5.41) is 14.0. The highest BCUT2D eigenvalue weighted by molar-refractivity contribution is 6.05. The Morgan fingerprint density at radius 1 is 0.900 bits per heavy atom. The minimum atomic E-state index is -1.08. The normalized spacial score (nSPS) is 10.2. The van der Waals surface area contributed by atoms with Crippen molar-refractivity contribution in [1.29, 1.82) is 0 Å². The lowest BCUT2D eigenvalue weighted by molar-refractivity contribution is -0.138. The van der Waals surface area contributed by atoms with Crippen LogP contribution in [0.3, 0.4) is 0 Å². The first kappa shape index (κ1) is 22.7. The molecule has 2 amide bonds. The Hall–Kier alpha value is -3.62. The molecule has 0 aliphatic carbocycles. The van der Waals surface area contributed by atoms with Crippen LogP contribution in [0.4, 0.5) is 15.8 Å². The number of carbonyl (C=O) groups is 3. The number of benzene rings is 2. The minimum Gasteiger partial charge on any atom is -0.492 e. The van der Waals surface area contributed by atoms with Gasteiger partial charge in [-0.25, -0.2) is 4.39 Å². The van der Waals surface area contributed by atoms with Gasteiger partial charge in [-0.1, -0.05) is 0 Å². The van der Waals surface area contributed by atoms with E-state index >= 15 is 0 Å². The van der Waals surface area contributed by atoms with Crippen LogP contribution in [0.25, 0.3) is 0 Å². The number of hydrogen-bond acceptors (Lipinski definition) is 5. The molecule has 0 fully saturated rings. The maximum Gasteiger partial charge on any atom is 0.303 e. The quantitative estimate of drug-likeness (QED) is 0.542. The number of carboxylic acid groups (broad SMARTS) is 1. The van der Waals surface area contributed by atoms with E-state index < -0.39 is 23.6 Å². The average molecular weight is 418 g/mol. The molecule has 0 unspecified atom stereocenters. The number of rotatable bonds is 10. The standard InChI is InChI=1S/C21H23FN2O6/c1-3-29-17-12-16(24-21(28)13-5-7-14(22)8-6-13)18(30-4-2)11-15(17)23-19(25)9-10-20(26)27/h5-8,11-12H,3-4,9-10H2,1-2H3,(H,23,25)(H,24,28)(H,26,27). The van der Waals surface area contributed by atoms with Crippen molar-refractivity contribution in [1.82, 2.24) is 0 Å². The second-order valence-corrected chi connectivity index (χ2v) is 6.11. The minimum absolute atomic E-state index is 0.200. The van der Waals surface area contributed by atoms with Gasteiger partial charge in [-0.3, -0.25) is 14.4 Å². The zero-order valence-electron chi connectivity index (χ0n) is 16.7. The van der Waals surface area contributed by atoms with Crippen molar-refractivity contribution in [3.8, 4) is 11.5 Å². The molecule has 160 valence electrons. The first-order valence-electron chi connectivity index (χ1n) is 9.36. The van der Waals surface area contributed by atoms with Crippen LogP contribution in [0.1, 0.15) is 37.0 Å². The van der Waals surface area contributed by atoms with E-state index in [1.165, 1.54) is 36.4 Å². The fraction of sp³-hybridized carbons (Fsp3) is 0.286. The van der Waals surface area contributed by atoms with Gasteiger partial charge in [0.1, 0.15) is 17.3 Å². The van der Waals surface area contributed by atoms with Crippen molar-refractivity contribution >= 4 is 29.2 Å². The molecule has 30 heavy (non-hydrogen) atoms. The molecular formula is C21H23FN2O6. The third kappa shape index (κ3) is 6.47. The summed E-state index contributed by atoms with van der Waals surface area (Å²) in [7, 11) is 0. The van der Waals surface area contributed by atoms with E-state index in [1.54, 1.807) is 13.8 Å². The van der Waals surface area contributed by atoms with Crippen LogP contribution < -0.4 is 20.1 Å². The number of halogens is 1. The third-order valence-electron chi connectivity index (χ3n) is 3.88. The fourth-order valence-corrected chi connectivity index (χ4v) is 2.53. The van der Waals surface area contributed by atoms with Crippen molar-refractivity contribution < 1.29 is 33.4 Å². The molecule has 2 aromatic rings. The predicted molar refractivity (Wildman–Crippen MR) is 109 cm³/mol. The van der Waals surface area contributed by atoms with E-state index in [2.05, 4.69) is 10.6 Å². The molecule has 0 heterocycles. The summed E-state index contributed by atoms with van der Waals surface area (Å²) in [4.78, 5) is 35.2. The first-order valence-corrected chi connectivity index (χ1v) is 9.36. The van der Waals surface area contributed by atoms with Gasteiger partial charge < -0.3 is 25.2 Å². The molecule has 8 nitrogen and oxygen atoms in total. The van der Waals surface area contributed by atoms with Crippen molar-refractivity contribution in [2.24, 2.45) is 0 Å². The van der Waals surface area contributed by atoms with Crippen LogP contribution in [0.2, 0.25) is 0 Å². The van der Waals surface area contributed by atoms with Crippen LogP contribution >= 0.6 is 0 Å². The summed E-state index contributed by atoms with van der Waals surface area (Å²) in [5.41, 5.74) is 0.844. The Morgan fingerprint density at radius 3 is 1.93 bits per heavy atom. The first-order chi connectivity index (χ1) is 14.3. The van der Waals surface area contributed by atoms with Gasteiger partial charge in [0.2, 0.25) is 5.91 Å². The summed E-state index contributed by atoms with van der Waals surface area (Å²) in [6, 6.07) is 8.06. The molecule has 9 heteroatoms. The van der Waals surface area contributed by atoms with Crippen LogP contribution in [0, 0.1) is 5.82 Å². The molecule has 0 aliphatic heterocycles. The second kappa shape index (κ2) is 10.8. The molecule has 0 atom stereocenters. The van der Waals surface area contributed by atoms with Crippen LogP contribution in [0.15, 0.2) is 36.4 Å². The molecular weight excluding hydrogens is 395 g/mol. The molecule has 2 aromatic carbocycles. The highest BCUT2D eigenvalue weighted by Crippen LogP contribution is 2.37. The molecule has 2 rings (SSSR count).